The Balaban J connectivity index is 2.33. The topological polar surface area (TPSA) is 55.5 Å². The molecule has 0 aromatic heterocycles. The Morgan fingerprint density at radius 1 is 1.50 bits per heavy atom. The number of benzene rings is 1. The third kappa shape index (κ3) is 1.61. The second-order valence-corrected chi connectivity index (χ2v) is 3.94. The lowest BCUT2D eigenvalue weighted by molar-refractivity contribution is 0.184. The van der Waals surface area contributed by atoms with Crippen LogP contribution in [0.5, 0.6) is 5.75 Å². The van der Waals surface area contributed by atoms with E-state index in [1.807, 2.05) is 12.1 Å². The smallest absolute Gasteiger partial charge is 0.120 e. The minimum atomic E-state index is -0.284. The molecule has 3 heteroatoms. The van der Waals surface area contributed by atoms with Gasteiger partial charge >= 0.3 is 0 Å². The van der Waals surface area contributed by atoms with Gasteiger partial charge in [0.2, 0.25) is 0 Å². The van der Waals surface area contributed by atoms with E-state index in [2.05, 4.69) is 0 Å². The quantitative estimate of drug-likeness (QED) is 0.764. The monoisotopic (exact) mass is 193 g/mol. The third-order valence-corrected chi connectivity index (χ3v) is 2.70. The Bertz CT molecular complexity index is 345. The summed E-state index contributed by atoms with van der Waals surface area (Å²) in [4.78, 5) is 0. The maximum atomic E-state index is 9.66. The van der Waals surface area contributed by atoms with Crippen molar-refractivity contribution in [2.24, 2.45) is 5.73 Å². The first-order chi connectivity index (χ1) is 6.65. The van der Waals surface area contributed by atoms with Gasteiger partial charge in [-0.15, -0.1) is 0 Å². The summed E-state index contributed by atoms with van der Waals surface area (Å²) >= 11 is 0. The first-order valence-corrected chi connectivity index (χ1v) is 4.76. The van der Waals surface area contributed by atoms with Gasteiger partial charge in [-0.25, -0.2) is 0 Å². The van der Waals surface area contributed by atoms with Gasteiger partial charge in [-0.2, -0.15) is 0 Å². The normalized spacial score (nSPS) is 18.1. The molecule has 0 aliphatic heterocycles. The third-order valence-electron chi connectivity index (χ3n) is 2.70. The van der Waals surface area contributed by atoms with Crippen molar-refractivity contribution in [2.45, 2.75) is 25.0 Å². The van der Waals surface area contributed by atoms with Gasteiger partial charge in [0.25, 0.3) is 0 Å². The van der Waals surface area contributed by atoms with Crippen LogP contribution < -0.4 is 5.73 Å². The summed E-state index contributed by atoms with van der Waals surface area (Å²) in [5, 5.41) is 9.66. The molecule has 0 bridgehead atoms. The van der Waals surface area contributed by atoms with Gasteiger partial charge < -0.3 is 15.6 Å². The van der Waals surface area contributed by atoms with Crippen molar-refractivity contribution in [2.75, 3.05) is 7.11 Å². The average molecular weight is 193 g/mol. The van der Waals surface area contributed by atoms with Gasteiger partial charge in [0.05, 0.1) is 6.61 Å². The van der Waals surface area contributed by atoms with Crippen molar-refractivity contribution in [3.8, 4) is 5.75 Å². The van der Waals surface area contributed by atoms with Crippen LogP contribution in [-0.2, 0) is 16.9 Å². The zero-order valence-corrected chi connectivity index (χ0v) is 8.29. The molecular formula is C11H15NO2. The molecule has 1 saturated carbocycles. The number of methoxy groups -OCH3 is 1. The van der Waals surface area contributed by atoms with E-state index < -0.39 is 0 Å². The number of aromatic hydroxyl groups is 1. The number of ether oxygens (including phenoxy) is 1. The van der Waals surface area contributed by atoms with Crippen LogP contribution in [0.3, 0.4) is 0 Å². The molecule has 3 N–H and O–H groups in total. The lowest BCUT2D eigenvalue weighted by atomic mass is 10.0. The molecule has 1 fully saturated rings. The van der Waals surface area contributed by atoms with E-state index in [0.717, 1.165) is 24.0 Å². The predicted molar refractivity (Wildman–Crippen MR) is 53.9 cm³/mol. The van der Waals surface area contributed by atoms with Crippen molar-refractivity contribution in [3.63, 3.8) is 0 Å². The summed E-state index contributed by atoms with van der Waals surface area (Å²) in [6.45, 7) is 0.559. The summed E-state index contributed by atoms with van der Waals surface area (Å²) in [6.07, 6.45) is 1.91. The Morgan fingerprint density at radius 3 is 2.79 bits per heavy atom. The second kappa shape index (κ2) is 3.26. The number of phenolic OH excluding ortho intramolecular Hbond substituents is 1. The second-order valence-electron chi connectivity index (χ2n) is 3.94. The summed E-state index contributed by atoms with van der Waals surface area (Å²) in [5.74, 6) is 0.296. The van der Waals surface area contributed by atoms with E-state index in [1.165, 1.54) is 0 Å². The Kier molecular flexibility index (Phi) is 2.21. The zero-order valence-electron chi connectivity index (χ0n) is 8.29. The molecule has 1 aliphatic rings. The van der Waals surface area contributed by atoms with Crippen molar-refractivity contribution in [1.82, 2.24) is 0 Å². The van der Waals surface area contributed by atoms with E-state index in [9.17, 15) is 5.11 Å². The largest absolute Gasteiger partial charge is 0.508 e. The molecular weight excluding hydrogens is 178 g/mol. The van der Waals surface area contributed by atoms with Crippen LogP contribution in [0.15, 0.2) is 18.2 Å². The Morgan fingerprint density at radius 2 is 2.21 bits per heavy atom. The molecule has 0 amide bonds. The molecule has 1 aliphatic carbocycles. The summed E-state index contributed by atoms with van der Waals surface area (Å²) in [7, 11) is 1.65. The molecule has 2 rings (SSSR count). The molecule has 0 saturated heterocycles. The average Bonchev–Trinajstić information content (AvgIpc) is 2.89. The highest BCUT2D eigenvalue weighted by atomic mass is 16.5. The number of hydrogen-bond donors (Lipinski definition) is 2. The van der Waals surface area contributed by atoms with Gasteiger partial charge in [0.15, 0.2) is 0 Å². The number of rotatable bonds is 3. The van der Waals surface area contributed by atoms with Crippen molar-refractivity contribution in [3.05, 3.63) is 29.3 Å². The van der Waals surface area contributed by atoms with Crippen LogP contribution in [0.25, 0.3) is 0 Å². The number of phenols is 1. The highest BCUT2D eigenvalue weighted by Gasteiger charge is 2.41. The minimum absolute atomic E-state index is 0.284. The minimum Gasteiger partial charge on any atom is -0.508 e. The van der Waals surface area contributed by atoms with Gasteiger partial charge in [0.1, 0.15) is 5.75 Å². The fourth-order valence-corrected chi connectivity index (χ4v) is 1.64. The molecule has 76 valence electrons. The molecule has 1 aromatic rings. The Hall–Kier alpha value is -1.06. The predicted octanol–water partition coefficient (Wildman–Crippen LogP) is 1.49. The lowest BCUT2D eigenvalue weighted by Gasteiger charge is -2.12. The fraction of sp³-hybridized carbons (Fsp3) is 0.455. The highest BCUT2D eigenvalue weighted by Crippen LogP contribution is 2.46. The molecule has 14 heavy (non-hydrogen) atoms. The van der Waals surface area contributed by atoms with Crippen LogP contribution in [-0.4, -0.2) is 12.2 Å². The molecule has 0 spiro atoms. The molecule has 3 nitrogen and oxygen atoms in total. The molecule has 0 radical (unpaired) electrons. The summed E-state index contributed by atoms with van der Waals surface area (Å²) in [6, 6.07) is 5.48. The van der Waals surface area contributed by atoms with E-state index in [4.69, 9.17) is 10.5 Å². The van der Waals surface area contributed by atoms with Gasteiger partial charge in [-0.1, -0.05) is 6.07 Å². The SMILES string of the molecule is COCc1ccc(O)c(C2(N)CC2)c1. The van der Waals surface area contributed by atoms with Crippen molar-refractivity contribution < 1.29 is 9.84 Å². The Labute approximate surface area is 83.5 Å². The summed E-state index contributed by atoms with van der Waals surface area (Å²) in [5.41, 5.74) is 7.66. The van der Waals surface area contributed by atoms with E-state index in [1.54, 1.807) is 13.2 Å². The molecule has 1 aromatic carbocycles. The van der Waals surface area contributed by atoms with Crippen molar-refractivity contribution >= 4 is 0 Å². The fourth-order valence-electron chi connectivity index (χ4n) is 1.64. The van der Waals surface area contributed by atoms with Crippen LogP contribution in [0, 0.1) is 0 Å². The van der Waals surface area contributed by atoms with Crippen molar-refractivity contribution in [1.29, 1.82) is 0 Å². The first-order valence-electron chi connectivity index (χ1n) is 4.76. The number of hydrogen-bond acceptors (Lipinski definition) is 3. The maximum absolute atomic E-state index is 9.66. The van der Waals surface area contributed by atoms with E-state index in [-0.39, 0.29) is 5.54 Å². The van der Waals surface area contributed by atoms with Crippen LogP contribution in [0.2, 0.25) is 0 Å². The van der Waals surface area contributed by atoms with Gasteiger partial charge in [-0.3, -0.25) is 0 Å². The first kappa shape index (κ1) is 9.49. The van der Waals surface area contributed by atoms with Gasteiger partial charge in [0, 0.05) is 18.2 Å². The number of nitrogens with two attached hydrogens (primary N) is 1. The van der Waals surface area contributed by atoms with E-state index in [0.29, 0.717) is 12.4 Å². The molecule has 0 unspecified atom stereocenters. The maximum Gasteiger partial charge on any atom is 0.120 e. The van der Waals surface area contributed by atoms with Crippen LogP contribution >= 0.6 is 0 Å². The molecule has 0 atom stereocenters. The van der Waals surface area contributed by atoms with Crippen LogP contribution in [0.1, 0.15) is 24.0 Å². The zero-order chi connectivity index (χ0) is 10.2. The van der Waals surface area contributed by atoms with Gasteiger partial charge in [-0.05, 0) is 30.5 Å². The summed E-state index contributed by atoms with van der Waals surface area (Å²) < 4.78 is 5.03. The van der Waals surface area contributed by atoms with E-state index >= 15 is 0 Å². The van der Waals surface area contributed by atoms with Crippen LogP contribution in [0.4, 0.5) is 0 Å². The lowest BCUT2D eigenvalue weighted by Crippen LogP contribution is -2.19. The highest BCUT2D eigenvalue weighted by molar-refractivity contribution is 5.43. The standard InChI is InChI=1S/C11H15NO2/c1-14-7-8-2-3-10(13)9(6-8)11(12)4-5-11/h2-3,6,13H,4-5,7,12H2,1H3. The molecule has 0 heterocycles.